The lowest BCUT2D eigenvalue weighted by atomic mass is 10.2. The molecule has 4 nitrogen and oxygen atoms in total. The normalized spacial score (nSPS) is 21.8. The number of ether oxygens (including phenoxy) is 1. The summed E-state index contributed by atoms with van der Waals surface area (Å²) in [7, 11) is 0. The number of carbonyl (C=O) groups is 1. The minimum Gasteiger partial charge on any atom is -0.394 e. The Morgan fingerprint density at radius 2 is 2.13 bits per heavy atom. The van der Waals surface area contributed by atoms with E-state index in [9.17, 15) is 4.79 Å². The summed E-state index contributed by atoms with van der Waals surface area (Å²) in [6.07, 6.45) is 0. The molecule has 1 aromatic carbocycles. The second-order valence-corrected chi connectivity index (χ2v) is 3.45. The standard InChI is InChI=1S/C11H13NO3/c13-6-10-7-15-8-11(14)12(10)9-4-2-1-3-5-9/h1-5,10,13H,6-8H2. The van der Waals surface area contributed by atoms with E-state index in [2.05, 4.69) is 0 Å². The van der Waals surface area contributed by atoms with Crippen molar-refractivity contribution in [3.05, 3.63) is 30.3 Å². The molecule has 1 N–H and O–H groups in total. The molecule has 80 valence electrons. The largest absolute Gasteiger partial charge is 0.394 e. The minimum atomic E-state index is -0.270. The van der Waals surface area contributed by atoms with Crippen LogP contribution in [0.5, 0.6) is 0 Å². The Morgan fingerprint density at radius 3 is 2.80 bits per heavy atom. The number of hydrogen-bond acceptors (Lipinski definition) is 3. The first-order chi connectivity index (χ1) is 7.33. The predicted octanol–water partition coefficient (Wildman–Crippen LogP) is 0.411. The second-order valence-electron chi connectivity index (χ2n) is 3.45. The van der Waals surface area contributed by atoms with E-state index in [1.54, 1.807) is 4.90 Å². The van der Waals surface area contributed by atoms with Gasteiger partial charge in [-0.1, -0.05) is 18.2 Å². The Morgan fingerprint density at radius 1 is 1.40 bits per heavy atom. The van der Waals surface area contributed by atoms with Crippen molar-refractivity contribution in [1.29, 1.82) is 0 Å². The quantitative estimate of drug-likeness (QED) is 0.764. The maximum Gasteiger partial charge on any atom is 0.253 e. The molecule has 1 heterocycles. The molecule has 2 rings (SSSR count). The molecule has 1 unspecified atom stereocenters. The minimum absolute atomic E-state index is 0.0827. The molecule has 1 aliphatic rings. The first kappa shape index (κ1) is 10.1. The van der Waals surface area contributed by atoms with Gasteiger partial charge in [-0.05, 0) is 12.1 Å². The summed E-state index contributed by atoms with van der Waals surface area (Å²) >= 11 is 0. The van der Waals surface area contributed by atoms with Gasteiger partial charge in [0.05, 0.1) is 19.3 Å². The number of nitrogens with zero attached hydrogens (tertiary/aromatic N) is 1. The predicted molar refractivity (Wildman–Crippen MR) is 55.6 cm³/mol. The van der Waals surface area contributed by atoms with Gasteiger partial charge in [-0.2, -0.15) is 0 Å². The van der Waals surface area contributed by atoms with Gasteiger partial charge in [0.15, 0.2) is 0 Å². The smallest absolute Gasteiger partial charge is 0.253 e. The summed E-state index contributed by atoms with van der Waals surface area (Å²) in [6.45, 7) is 0.392. The van der Waals surface area contributed by atoms with Gasteiger partial charge in [-0.25, -0.2) is 0 Å². The number of morpholine rings is 1. The molecule has 0 bridgehead atoms. The van der Waals surface area contributed by atoms with E-state index in [0.29, 0.717) is 6.61 Å². The second kappa shape index (κ2) is 4.42. The summed E-state index contributed by atoms with van der Waals surface area (Å²) in [4.78, 5) is 13.3. The van der Waals surface area contributed by atoms with Gasteiger partial charge in [0, 0.05) is 5.69 Å². The third-order valence-electron chi connectivity index (χ3n) is 2.41. The van der Waals surface area contributed by atoms with Crippen LogP contribution in [0.2, 0.25) is 0 Å². The highest BCUT2D eigenvalue weighted by molar-refractivity contribution is 5.95. The Balaban J connectivity index is 2.27. The Kier molecular flexibility index (Phi) is 2.99. The van der Waals surface area contributed by atoms with E-state index in [0.717, 1.165) is 5.69 Å². The van der Waals surface area contributed by atoms with Crippen molar-refractivity contribution in [3.63, 3.8) is 0 Å². The molecule has 0 aromatic heterocycles. The molecule has 0 radical (unpaired) electrons. The van der Waals surface area contributed by atoms with E-state index >= 15 is 0 Å². The molecule has 4 heteroatoms. The molecule has 0 aliphatic carbocycles. The molecule has 0 spiro atoms. The fourth-order valence-corrected chi connectivity index (χ4v) is 1.71. The SMILES string of the molecule is O=C1COCC(CO)N1c1ccccc1. The van der Waals surface area contributed by atoms with Crippen LogP contribution in [0.25, 0.3) is 0 Å². The Hall–Kier alpha value is -1.39. The van der Waals surface area contributed by atoms with Gasteiger partial charge in [0.25, 0.3) is 5.91 Å². The van der Waals surface area contributed by atoms with Crippen LogP contribution in [-0.2, 0) is 9.53 Å². The van der Waals surface area contributed by atoms with Crippen molar-refractivity contribution < 1.29 is 14.6 Å². The monoisotopic (exact) mass is 207 g/mol. The number of benzene rings is 1. The Bertz CT molecular complexity index is 339. The number of aliphatic hydroxyl groups is 1. The molecule has 1 amide bonds. The van der Waals surface area contributed by atoms with Crippen LogP contribution in [0.4, 0.5) is 5.69 Å². The van der Waals surface area contributed by atoms with Crippen LogP contribution >= 0.6 is 0 Å². The zero-order valence-corrected chi connectivity index (χ0v) is 8.30. The number of rotatable bonds is 2. The van der Waals surface area contributed by atoms with Crippen molar-refractivity contribution in [2.45, 2.75) is 6.04 Å². The molecule has 1 saturated heterocycles. The summed E-state index contributed by atoms with van der Waals surface area (Å²) < 4.78 is 5.09. The first-order valence-electron chi connectivity index (χ1n) is 4.88. The van der Waals surface area contributed by atoms with Gasteiger partial charge in [-0.3, -0.25) is 4.79 Å². The lowest BCUT2D eigenvalue weighted by molar-refractivity contribution is -0.128. The average molecular weight is 207 g/mol. The fourth-order valence-electron chi connectivity index (χ4n) is 1.71. The number of carbonyl (C=O) groups excluding carboxylic acids is 1. The molecule has 1 aliphatic heterocycles. The number of anilines is 1. The fraction of sp³-hybridized carbons (Fsp3) is 0.364. The third kappa shape index (κ3) is 2.00. The van der Waals surface area contributed by atoms with Gasteiger partial charge in [-0.15, -0.1) is 0 Å². The average Bonchev–Trinajstić information content (AvgIpc) is 2.29. The Labute approximate surface area is 88.1 Å². The van der Waals surface area contributed by atoms with Crippen molar-refractivity contribution >= 4 is 11.6 Å². The first-order valence-corrected chi connectivity index (χ1v) is 4.88. The highest BCUT2D eigenvalue weighted by atomic mass is 16.5. The zero-order valence-electron chi connectivity index (χ0n) is 8.30. The van der Waals surface area contributed by atoms with Gasteiger partial charge < -0.3 is 14.7 Å². The molecule has 15 heavy (non-hydrogen) atoms. The third-order valence-corrected chi connectivity index (χ3v) is 2.41. The summed E-state index contributed by atoms with van der Waals surface area (Å²) in [5, 5.41) is 9.17. The molecule has 1 aromatic rings. The highest BCUT2D eigenvalue weighted by Crippen LogP contribution is 2.19. The van der Waals surface area contributed by atoms with Crippen LogP contribution in [0, 0.1) is 0 Å². The maximum absolute atomic E-state index is 11.7. The topological polar surface area (TPSA) is 49.8 Å². The van der Waals surface area contributed by atoms with Gasteiger partial charge in [0.2, 0.25) is 0 Å². The van der Waals surface area contributed by atoms with E-state index in [4.69, 9.17) is 9.84 Å². The van der Waals surface area contributed by atoms with E-state index in [1.807, 2.05) is 30.3 Å². The van der Waals surface area contributed by atoms with Crippen LogP contribution in [0.1, 0.15) is 0 Å². The van der Waals surface area contributed by atoms with E-state index < -0.39 is 0 Å². The number of para-hydroxylation sites is 1. The molecule has 1 atom stereocenters. The van der Waals surface area contributed by atoms with Gasteiger partial charge in [0.1, 0.15) is 6.61 Å². The van der Waals surface area contributed by atoms with Crippen LogP contribution < -0.4 is 4.90 Å². The van der Waals surface area contributed by atoms with Crippen LogP contribution in [-0.4, -0.2) is 36.9 Å². The van der Waals surface area contributed by atoms with Crippen molar-refractivity contribution in [2.24, 2.45) is 0 Å². The van der Waals surface area contributed by atoms with Crippen LogP contribution in [0.3, 0.4) is 0 Å². The van der Waals surface area contributed by atoms with Crippen LogP contribution in [0.15, 0.2) is 30.3 Å². The van der Waals surface area contributed by atoms with Crippen molar-refractivity contribution in [3.8, 4) is 0 Å². The van der Waals surface area contributed by atoms with E-state index in [1.165, 1.54) is 0 Å². The molecule has 1 fully saturated rings. The van der Waals surface area contributed by atoms with Crippen molar-refractivity contribution in [2.75, 3.05) is 24.7 Å². The molecular formula is C11H13NO3. The maximum atomic E-state index is 11.7. The lowest BCUT2D eigenvalue weighted by Crippen LogP contribution is -2.51. The van der Waals surface area contributed by atoms with Crippen molar-refractivity contribution in [1.82, 2.24) is 0 Å². The molecule has 0 saturated carbocycles. The number of amides is 1. The highest BCUT2D eigenvalue weighted by Gasteiger charge is 2.29. The number of hydrogen-bond donors (Lipinski definition) is 1. The zero-order chi connectivity index (χ0) is 10.7. The van der Waals surface area contributed by atoms with E-state index in [-0.39, 0.29) is 25.2 Å². The summed E-state index contributed by atoms with van der Waals surface area (Å²) in [5.74, 6) is -0.105. The molecular weight excluding hydrogens is 194 g/mol. The summed E-state index contributed by atoms with van der Waals surface area (Å²) in [6, 6.07) is 9.06. The van der Waals surface area contributed by atoms with Gasteiger partial charge >= 0.3 is 0 Å². The number of aliphatic hydroxyl groups excluding tert-OH is 1. The lowest BCUT2D eigenvalue weighted by Gasteiger charge is -2.34. The summed E-state index contributed by atoms with van der Waals surface area (Å²) in [5.41, 5.74) is 0.810.